The first-order valence-electron chi connectivity index (χ1n) is 8.91. The van der Waals surface area contributed by atoms with E-state index in [1.54, 1.807) is 11.8 Å². The van der Waals surface area contributed by atoms with Crippen LogP contribution in [-0.4, -0.2) is 85.5 Å². The number of nitrogens with zero attached hydrogens (tertiary/aromatic N) is 3. The maximum absolute atomic E-state index is 12.3. The van der Waals surface area contributed by atoms with Gasteiger partial charge in [0.25, 0.3) is 0 Å². The van der Waals surface area contributed by atoms with Gasteiger partial charge < -0.3 is 14.5 Å². The highest BCUT2D eigenvalue weighted by Crippen LogP contribution is 2.03. The van der Waals surface area contributed by atoms with Crippen LogP contribution in [0, 0.1) is 0 Å². The quantitative estimate of drug-likeness (QED) is 0.605. The van der Waals surface area contributed by atoms with Crippen LogP contribution in [0.4, 0.5) is 0 Å². The zero-order valence-electron chi connectivity index (χ0n) is 15.1. The van der Waals surface area contributed by atoms with E-state index in [-0.39, 0.29) is 11.8 Å². The molecule has 1 rings (SSSR count). The van der Waals surface area contributed by atoms with Crippen molar-refractivity contribution in [3.63, 3.8) is 0 Å². The van der Waals surface area contributed by atoms with Crippen LogP contribution in [0.5, 0.6) is 0 Å². The van der Waals surface area contributed by atoms with Crippen molar-refractivity contribution in [1.82, 2.24) is 14.7 Å². The van der Waals surface area contributed by atoms with Crippen LogP contribution < -0.4 is 0 Å². The van der Waals surface area contributed by atoms with Crippen molar-refractivity contribution in [1.29, 1.82) is 0 Å². The van der Waals surface area contributed by atoms with Gasteiger partial charge in [0, 0.05) is 59.2 Å². The Balaban J connectivity index is 2.38. The number of carbonyl (C=O) groups excluding carboxylic acids is 2. The summed E-state index contributed by atoms with van der Waals surface area (Å²) in [5, 5.41) is 0. The van der Waals surface area contributed by atoms with Gasteiger partial charge in [-0.15, -0.1) is 0 Å². The number of hydrogen-bond donors (Lipinski definition) is 0. The highest BCUT2D eigenvalue weighted by molar-refractivity contribution is 5.78. The Bertz CT molecular complexity index is 351. The largest absolute Gasteiger partial charge is 0.379 e. The Labute approximate surface area is 140 Å². The van der Waals surface area contributed by atoms with Gasteiger partial charge in [-0.05, 0) is 12.8 Å². The van der Waals surface area contributed by atoms with Crippen molar-refractivity contribution in [3.8, 4) is 0 Å². The van der Waals surface area contributed by atoms with E-state index < -0.39 is 0 Å². The molecule has 0 spiro atoms. The summed E-state index contributed by atoms with van der Waals surface area (Å²) in [7, 11) is 0. The van der Waals surface area contributed by atoms with Crippen molar-refractivity contribution in [2.24, 2.45) is 0 Å². The van der Waals surface area contributed by atoms with Crippen molar-refractivity contribution < 1.29 is 14.3 Å². The summed E-state index contributed by atoms with van der Waals surface area (Å²) >= 11 is 0. The Morgan fingerprint density at radius 2 is 1.57 bits per heavy atom. The minimum atomic E-state index is 0.0450. The molecule has 1 heterocycles. The molecule has 1 saturated heterocycles. The lowest BCUT2D eigenvalue weighted by molar-refractivity contribution is -0.133. The number of ether oxygens (including phenoxy) is 1. The first kappa shape index (κ1) is 19.9. The molecule has 0 bridgehead atoms. The number of rotatable bonds is 10. The third kappa shape index (κ3) is 7.79. The molecule has 0 aromatic carbocycles. The highest BCUT2D eigenvalue weighted by Gasteiger charge is 2.17. The molecule has 0 aromatic rings. The Morgan fingerprint density at radius 3 is 2.09 bits per heavy atom. The molecule has 1 aliphatic rings. The van der Waals surface area contributed by atoms with Crippen molar-refractivity contribution in [2.45, 2.75) is 40.0 Å². The molecule has 0 aromatic heterocycles. The van der Waals surface area contributed by atoms with Crippen molar-refractivity contribution in [3.05, 3.63) is 0 Å². The number of morpholine rings is 1. The SMILES string of the molecule is CCCN(CCC)C(=O)CCN(CCN1CCOCC1)C(C)=O. The fourth-order valence-corrected chi connectivity index (χ4v) is 2.80. The Hall–Kier alpha value is -1.14. The van der Waals surface area contributed by atoms with Gasteiger partial charge in [0.2, 0.25) is 11.8 Å². The summed E-state index contributed by atoms with van der Waals surface area (Å²) in [6.07, 6.45) is 2.36. The van der Waals surface area contributed by atoms with E-state index in [1.165, 1.54) is 0 Å². The van der Waals surface area contributed by atoms with Crippen molar-refractivity contribution in [2.75, 3.05) is 59.0 Å². The molecule has 134 valence electrons. The van der Waals surface area contributed by atoms with E-state index in [2.05, 4.69) is 18.7 Å². The molecule has 0 saturated carbocycles. The summed E-state index contributed by atoms with van der Waals surface area (Å²) in [4.78, 5) is 30.1. The van der Waals surface area contributed by atoms with Gasteiger partial charge in [-0.25, -0.2) is 0 Å². The van der Waals surface area contributed by atoms with E-state index in [0.29, 0.717) is 19.5 Å². The standard InChI is InChI=1S/C17H33N3O3/c1-4-7-20(8-5-2)17(22)6-9-19(16(3)21)11-10-18-12-14-23-15-13-18/h4-15H2,1-3H3. The zero-order chi connectivity index (χ0) is 17.1. The Kier molecular flexibility index (Phi) is 9.87. The predicted octanol–water partition coefficient (Wildman–Crippen LogP) is 1.21. The maximum Gasteiger partial charge on any atom is 0.224 e. The highest BCUT2D eigenvalue weighted by atomic mass is 16.5. The molecule has 2 amide bonds. The first-order chi connectivity index (χ1) is 11.1. The van der Waals surface area contributed by atoms with E-state index in [9.17, 15) is 9.59 Å². The van der Waals surface area contributed by atoms with Crippen LogP contribution in [0.25, 0.3) is 0 Å². The fraction of sp³-hybridized carbons (Fsp3) is 0.882. The second-order valence-electron chi connectivity index (χ2n) is 6.09. The topological polar surface area (TPSA) is 53.1 Å². The van der Waals surface area contributed by atoms with E-state index in [1.807, 2.05) is 4.90 Å². The predicted molar refractivity (Wildman–Crippen MR) is 91.3 cm³/mol. The average molecular weight is 327 g/mol. The molecular formula is C17H33N3O3. The van der Waals surface area contributed by atoms with Gasteiger partial charge in [-0.1, -0.05) is 13.8 Å². The molecule has 6 heteroatoms. The van der Waals surface area contributed by atoms with Gasteiger partial charge in [0.1, 0.15) is 0 Å². The summed E-state index contributed by atoms with van der Waals surface area (Å²) in [6, 6.07) is 0. The Morgan fingerprint density at radius 1 is 0.957 bits per heavy atom. The molecule has 0 N–H and O–H groups in total. The molecule has 6 nitrogen and oxygen atoms in total. The van der Waals surface area contributed by atoms with Gasteiger partial charge >= 0.3 is 0 Å². The minimum absolute atomic E-state index is 0.0450. The lowest BCUT2D eigenvalue weighted by Gasteiger charge is -2.30. The second-order valence-corrected chi connectivity index (χ2v) is 6.09. The number of carbonyl (C=O) groups is 2. The average Bonchev–Trinajstić information content (AvgIpc) is 2.55. The van der Waals surface area contributed by atoms with E-state index >= 15 is 0 Å². The molecule has 0 radical (unpaired) electrons. The molecule has 0 atom stereocenters. The van der Waals surface area contributed by atoms with Crippen LogP contribution in [0.2, 0.25) is 0 Å². The van der Waals surface area contributed by atoms with Crippen LogP contribution in [0.3, 0.4) is 0 Å². The molecule has 0 unspecified atom stereocenters. The molecular weight excluding hydrogens is 294 g/mol. The molecule has 23 heavy (non-hydrogen) atoms. The van der Waals surface area contributed by atoms with Crippen LogP contribution in [0.1, 0.15) is 40.0 Å². The minimum Gasteiger partial charge on any atom is -0.379 e. The summed E-state index contributed by atoms with van der Waals surface area (Å²) in [5.41, 5.74) is 0. The monoisotopic (exact) mass is 327 g/mol. The lowest BCUT2D eigenvalue weighted by Crippen LogP contribution is -2.43. The third-order valence-electron chi connectivity index (χ3n) is 4.17. The summed E-state index contributed by atoms with van der Waals surface area (Å²) < 4.78 is 5.33. The summed E-state index contributed by atoms with van der Waals surface area (Å²) in [6.45, 7) is 12.8. The molecule has 1 aliphatic heterocycles. The summed E-state index contributed by atoms with van der Waals surface area (Å²) in [5.74, 6) is 0.204. The van der Waals surface area contributed by atoms with Gasteiger partial charge in [-0.3, -0.25) is 14.5 Å². The lowest BCUT2D eigenvalue weighted by atomic mass is 10.2. The van der Waals surface area contributed by atoms with Gasteiger partial charge in [0.05, 0.1) is 13.2 Å². The third-order valence-corrected chi connectivity index (χ3v) is 4.17. The molecule has 1 fully saturated rings. The fourth-order valence-electron chi connectivity index (χ4n) is 2.80. The normalized spacial score (nSPS) is 15.4. The van der Waals surface area contributed by atoms with Gasteiger partial charge in [-0.2, -0.15) is 0 Å². The number of amides is 2. The maximum atomic E-state index is 12.3. The second kappa shape index (κ2) is 11.4. The van der Waals surface area contributed by atoms with Crippen molar-refractivity contribution >= 4 is 11.8 Å². The molecule has 0 aliphatic carbocycles. The van der Waals surface area contributed by atoms with E-state index in [0.717, 1.165) is 58.8 Å². The van der Waals surface area contributed by atoms with Crippen LogP contribution in [-0.2, 0) is 14.3 Å². The number of hydrogen-bond acceptors (Lipinski definition) is 4. The zero-order valence-corrected chi connectivity index (χ0v) is 15.1. The van der Waals surface area contributed by atoms with Gasteiger partial charge in [0.15, 0.2) is 0 Å². The van der Waals surface area contributed by atoms with Crippen LogP contribution >= 0.6 is 0 Å². The first-order valence-corrected chi connectivity index (χ1v) is 8.91. The van der Waals surface area contributed by atoms with E-state index in [4.69, 9.17) is 4.74 Å². The van der Waals surface area contributed by atoms with Crippen LogP contribution in [0.15, 0.2) is 0 Å². The smallest absolute Gasteiger partial charge is 0.224 e.